The standard InChI is InChI=1S/C23H24N4O4/c1-15(28)24-18-11-9-16(10-12-18)21-25-22(31-26-21)17-6-5-13-27(14-17)23(29)19-7-3-4-8-20(19)30-2/h3-4,7-12,17H,5-6,13-14H2,1-2H3,(H,24,28)/t17-/m1/s1. The van der Waals surface area contributed by atoms with Crippen LogP contribution in [0.1, 0.15) is 41.9 Å². The average molecular weight is 420 g/mol. The van der Waals surface area contributed by atoms with E-state index in [-0.39, 0.29) is 17.7 Å². The van der Waals surface area contributed by atoms with Gasteiger partial charge in [0.25, 0.3) is 5.91 Å². The average Bonchev–Trinajstić information content (AvgIpc) is 3.29. The Morgan fingerprint density at radius 2 is 1.94 bits per heavy atom. The first-order chi connectivity index (χ1) is 15.0. The maximum absolute atomic E-state index is 13.0. The largest absolute Gasteiger partial charge is 0.496 e. The fraction of sp³-hybridized carbons (Fsp3) is 0.304. The number of aromatic nitrogens is 2. The van der Waals surface area contributed by atoms with Crippen LogP contribution in [0, 0.1) is 0 Å². The van der Waals surface area contributed by atoms with Crippen molar-refractivity contribution < 1.29 is 18.8 Å². The van der Waals surface area contributed by atoms with Gasteiger partial charge in [0.15, 0.2) is 0 Å². The highest BCUT2D eigenvalue weighted by atomic mass is 16.5. The maximum Gasteiger partial charge on any atom is 0.257 e. The van der Waals surface area contributed by atoms with Gasteiger partial charge in [-0.25, -0.2) is 0 Å². The smallest absolute Gasteiger partial charge is 0.257 e. The number of hydrogen-bond donors (Lipinski definition) is 1. The highest BCUT2D eigenvalue weighted by Gasteiger charge is 2.30. The lowest BCUT2D eigenvalue weighted by molar-refractivity contribution is -0.114. The van der Waals surface area contributed by atoms with Gasteiger partial charge in [-0.2, -0.15) is 4.98 Å². The highest BCUT2D eigenvalue weighted by Crippen LogP contribution is 2.30. The number of nitrogens with one attached hydrogen (secondary N) is 1. The SMILES string of the molecule is COc1ccccc1C(=O)N1CCC[C@@H](c2nc(-c3ccc(NC(C)=O)cc3)no2)C1. The van der Waals surface area contributed by atoms with Crippen LogP contribution in [0.3, 0.4) is 0 Å². The quantitative estimate of drug-likeness (QED) is 0.676. The van der Waals surface area contributed by atoms with Gasteiger partial charge < -0.3 is 19.5 Å². The van der Waals surface area contributed by atoms with Crippen molar-refractivity contribution in [3.8, 4) is 17.1 Å². The summed E-state index contributed by atoms with van der Waals surface area (Å²) in [5, 5.41) is 6.84. The minimum atomic E-state index is -0.126. The Kier molecular flexibility index (Phi) is 5.97. The minimum absolute atomic E-state index is 0.0210. The van der Waals surface area contributed by atoms with Crippen molar-refractivity contribution in [2.75, 3.05) is 25.5 Å². The van der Waals surface area contributed by atoms with Crippen molar-refractivity contribution >= 4 is 17.5 Å². The molecule has 1 saturated heterocycles. The molecule has 0 unspecified atom stereocenters. The number of ether oxygens (including phenoxy) is 1. The molecule has 1 aliphatic heterocycles. The van der Waals surface area contributed by atoms with Crippen LogP contribution in [0.4, 0.5) is 5.69 Å². The Labute approximate surface area is 180 Å². The molecule has 0 aliphatic carbocycles. The molecule has 8 heteroatoms. The van der Waals surface area contributed by atoms with Gasteiger partial charge in [-0.1, -0.05) is 17.3 Å². The van der Waals surface area contributed by atoms with E-state index in [2.05, 4.69) is 15.5 Å². The van der Waals surface area contributed by atoms with E-state index in [1.807, 2.05) is 29.2 Å². The van der Waals surface area contributed by atoms with E-state index >= 15 is 0 Å². The first-order valence-electron chi connectivity index (χ1n) is 10.2. The first-order valence-corrected chi connectivity index (χ1v) is 10.2. The third-order valence-electron chi connectivity index (χ3n) is 5.30. The zero-order valence-corrected chi connectivity index (χ0v) is 17.5. The number of benzene rings is 2. The molecule has 1 aromatic heterocycles. The minimum Gasteiger partial charge on any atom is -0.496 e. The number of nitrogens with zero attached hydrogens (tertiary/aromatic N) is 3. The fourth-order valence-corrected chi connectivity index (χ4v) is 3.78. The van der Waals surface area contributed by atoms with Gasteiger partial charge in [-0.3, -0.25) is 9.59 Å². The van der Waals surface area contributed by atoms with Crippen molar-refractivity contribution in [2.24, 2.45) is 0 Å². The molecule has 0 bridgehead atoms. The summed E-state index contributed by atoms with van der Waals surface area (Å²) >= 11 is 0. The van der Waals surface area contributed by atoms with Crippen molar-refractivity contribution in [1.82, 2.24) is 15.0 Å². The van der Waals surface area contributed by atoms with Crippen LogP contribution in [0.2, 0.25) is 0 Å². The molecule has 0 saturated carbocycles. The van der Waals surface area contributed by atoms with Crippen LogP contribution in [0.25, 0.3) is 11.4 Å². The van der Waals surface area contributed by atoms with Crippen molar-refractivity contribution in [2.45, 2.75) is 25.7 Å². The number of methoxy groups -OCH3 is 1. The molecule has 31 heavy (non-hydrogen) atoms. The Morgan fingerprint density at radius 3 is 2.68 bits per heavy atom. The molecule has 3 aromatic rings. The lowest BCUT2D eigenvalue weighted by atomic mass is 9.97. The van der Waals surface area contributed by atoms with Crippen LogP contribution in [-0.4, -0.2) is 47.1 Å². The molecule has 1 atom stereocenters. The molecule has 1 aliphatic rings. The van der Waals surface area contributed by atoms with E-state index in [9.17, 15) is 9.59 Å². The van der Waals surface area contributed by atoms with Crippen LogP contribution >= 0.6 is 0 Å². The van der Waals surface area contributed by atoms with Gasteiger partial charge in [0.05, 0.1) is 18.6 Å². The summed E-state index contributed by atoms with van der Waals surface area (Å²) in [5.41, 5.74) is 2.05. The van der Waals surface area contributed by atoms with E-state index in [4.69, 9.17) is 9.26 Å². The number of amides is 2. The molecule has 2 aromatic carbocycles. The lowest BCUT2D eigenvalue weighted by Gasteiger charge is -2.31. The molecule has 160 valence electrons. The molecule has 2 amide bonds. The summed E-state index contributed by atoms with van der Waals surface area (Å²) in [6, 6.07) is 14.5. The number of para-hydroxylation sites is 1. The van der Waals surface area contributed by atoms with Crippen molar-refractivity contribution in [3.05, 3.63) is 60.0 Å². The summed E-state index contributed by atoms with van der Waals surface area (Å²) in [5.74, 6) is 1.37. The van der Waals surface area contributed by atoms with Crippen LogP contribution < -0.4 is 10.1 Å². The highest BCUT2D eigenvalue weighted by molar-refractivity contribution is 5.97. The van der Waals surface area contributed by atoms with Gasteiger partial charge in [-0.15, -0.1) is 0 Å². The Bertz CT molecular complexity index is 1080. The van der Waals surface area contributed by atoms with Crippen LogP contribution in [-0.2, 0) is 4.79 Å². The van der Waals surface area contributed by atoms with Crippen LogP contribution in [0.5, 0.6) is 5.75 Å². The second-order valence-electron chi connectivity index (χ2n) is 7.51. The van der Waals surface area contributed by atoms with E-state index in [1.54, 1.807) is 31.4 Å². The predicted octanol–water partition coefficient (Wildman–Crippen LogP) is 3.72. The number of hydrogen-bond acceptors (Lipinski definition) is 6. The fourth-order valence-electron chi connectivity index (χ4n) is 3.78. The van der Waals surface area contributed by atoms with E-state index in [0.717, 1.165) is 18.4 Å². The molecule has 0 spiro atoms. The summed E-state index contributed by atoms with van der Waals surface area (Å²) in [6.07, 6.45) is 1.73. The molecule has 1 N–H and O–H groups in total. The molecule has 1 fully saturated rings. The summed E-state index contributed by atoms with van der Waals surface area (Å²) < 4.78 is 10.9. The molecule has 8 nitrogen and oxygen atoms in total. The van der Waals surface area contributed by atoms with Crippen molar-refractivity contribution in [3.63, 3.8) is 0 Å². The third kappa shape index (κ3) is 4.58. The molecule has 4 rings (SSSR count). The predicted molar refractivity (Wildman–Crippen MR) is 115 cm³/mol. The van der Waals surface area contributed by atoms with Gasteiger partial charge in [0.1, 0.15) is 5.75 Å². The number of anilines is 1. The van der Waals surface area contributed by atoms with Gasteiger partial charge in [0.2, 0.25) is 17.6 Å². The molecule has 0 radical (unpaired) electrons. The number of piperidine rings is 1. The van der Waals surface area contributed by atoms with Gasteiger partial charge in [-0.05, 0) is 49.2 Å². The zero-order chi connectivity index (χ0) is 21.8. The lowest BCUT2D eigenvalue weighted by Crippen LogP contribution is -2.39. The number of carbonyl (C=O) groups excluding carboxylic acids is 2. The zero-order valence-electron chi connectivity index (χ0n) is 17.5. The maximum atomic E-state index is 13.0. The number of likely N-dealkylation sites (tertiary alicyclic amines) is 1. The Balaban J connectivity index is 1.47. The molecular formula is C23H24N4O4. The van der Waals surface area contributed by atoms with E-state index in [1.165, 1.54) is 6.92 Å². The summed E-state index contributed by atoms with van der Waals surface area (Å²) in [6.45, 7) is 2.66. The third-order valence-corrected chi connectivity index (χ3v) is 5.30. The molecular weight excluding hydrogens is 396 g/mol. The van der Waals surface area contributed by atoms with Gasteiger partial charge in [0, 0.05) is 31.3 Å². The van der Waals surface area contributed by atoms with Crippen LogP contribution in [0.15, 0.2) is 53.1 Å². The number of carbonyl (C=O) groups is 2. The van der Waals surface area contributed by atoms with E-state index < -0.39 is 0 Å². The Hall–Kier alpha value is -3.68. The van der Waals surface area contributed by atoms with Crippen molar-refractivity contribution in [1.29, 1.82) is 0 Å². The van der Waals surface area contributed by atoms with Gasteiger partial charge >= 0.3 is 0 Å². The molecule has 2 heterocycles. The van der Waals surface area contributed by atoms with E-state index in [0.29, 0.717) is 41.8 Å². The number of rotatable bonds is 5. The topological polar surface area (TPSA) is 97.6 Å². The second kappa shape index (κ2) is 8.99. The monoisotopic (exact) mass is 420 g/mol. The first kappa shape index (κ1) is 20.6. The summed E-state index contributed by atoms with van der Waals surface area (Å²) in [7, 11) is 1.56. The normalized spacial score (nSPS) is 16.1. The summed E-state index contributed by atoms with van der Waals surface area (Å²) in [4.78, 5) is 30.6. The second-order valence-corrected chi connectivity index (χ2v) is 7.51. The Morgan fingerprint density at radius 1 is 1.16 bits per heavy atom.